The van der Waals surface area contributed by atoms with E-state index < -0.39 is 0 Å². The Kier molecular flexibility index (Phi) is 2.76. The minimum atomic E-state index is 0.850. The molecule has 1 aromatic rings. The average molecular weight is 189 g/mol. The molecule has 0 aromatic heterocycles. The lowest BCUT2D eigenvalue weighted by Gasteiger charge is -2.33. The maximum atomic E-state index is 2.53. The number of rotatable bonds is 1. The van der Waals surface area contributed by atoms with Gasteiger partial charge in [-0.3, -0.25) is 0 Å². The van der Waals surface area contributed by atoms with Crippen LogP contribution >= 0.6 is 0 Å². The number of piperidine rings is 1. The van der Waals surface area contributed by atoms with Gasteiger partial charge in [0.1, 0.15) is 0 Å². The molecule has 0 unspecified atom stereocenters. The van der Waals surface area contributed by atoms with Gasteiger partial charge in [-0.1, -0.05) is 25.1 Å². The Morgan fingerprint density at radius 1 is 1.29 bits per heavy atom. The van der Waals surface area contributed by atoms with Gasteiger partial charge in [0.05, 0.1) is 0 Å². The Balaban J connectivity index is 2.18. The van der Waals surface area contributed by atoms with Crippen molar-refractivity contribution in [2.24, 2.45) is 5.92 Å². The summed E-state index contributed by atoms with van der Waals surface area (Å²) in [6.07, 6.45) is 2.73. The van der Waals surface area contributed by atoms with Gasteiger partial charge in [0.25, 0.3) is 0 Å². The van der Waals surface area contributed by atoms with Crippen molar-refractivity contribution in [2.75, 3.05) is 18.0 Å². The molecule has 1 fully saturated rings. The molecule has 76 valence electrons. The second kappa shape index (κ2) is 4.04. The van der Waals surface area contributed by atoms with Crippen molar-refractivity contribution in [2.45, 2.75) is 26.7 Å². The lowest BCUT2D eigenvalue weighted by atomic mass is 9.99. The normalized spacial score (nSPS) is 22.4. The first-order valence-corrected chi connectivity index (χ1v) is 5.58. The van der Waals surface area contributed by atoms with Crippen molar-refractivity contribution < 1.29 is 0 Å². The lowest BCUT2D eigenvalue weighted by Crippen LogP contribution is -2.34. The lowest BCUT2D eigenvalue weighted by molar-refractivity contribution is 0.446. The van der Waals surface area contributed by atoms with Crippen molar-refractivity contribution in [3.8, 4) is 0 Å². The second-order valence-electron chi connectivity index (χ2n) is 4.48. The largest absolute Gasteiger partial charge is 0.371 e. The van der Waals surface area contributed by atoms with E-state index in [4.69, 9.17) is 0 Å². The number of anilines is 1. The van der Waals surface area contributed by atoms with E-state index in [1.807, 2.05) is 0 Å². The number of hydrogen-bond donors (Lipinski definition) is 0. The summed E-state index contributed by atoms with van der Waals surface area (Å²) in [7, 11) is 0. The summed E-state index contributed by atoms with van der Waals surface area (Å²) in [5, 5.41) is 0. The van der Waals surface area contributed by atoms with Crippen LogP contribution in [0.2, 0.25) is 0 Å². The number of aryl methyl sites for hydroxylation is 1. The Bertz CT molecular complexity index is 306. The van der Waals surface area contributed by atoms with Gasteiger partial charge in [-0.2, -0.15) is 0 Å². The Labute approximate surface area is 86.7 Å². The molecule has 1 aromatic carbocycles. The summed E-state index contributed by atoms with van der Waals surface area (Å²) >= 11 is 0. The molecular weight excluding hydrogens is 170 g/mol. The van der Waals surface area contributed by atoms with E-state index >= 15 is 0 Å². The quantitative estimate of drug-likeness (QED) is 0.655. The van der Waals surface area contributed by atoms with Crippen LogP contribution in [0.3, 0.4) is 0 Å². The maximum absolute atomic E-state index is 2.53. The molecule has 0 spiro atoms. The molecule has 1 heteroatoms. The molecule has 14 heavy (non-hydrogen) atoms. The van der Waals surface area contributed by atoms with E-state index in [9.17, 15) is 0 Å². The van der Waals surface area contributed by atoms with Crippen LogP contribution in [0.4, 0.5) is 5.69 Å². The number of nitrogens with zero attached hydrogens (tertiary/aromatic N) is 1. The predicted octanol–water partition coefficient (Wildman–Crippen LogP) is 3.23. The molecule has 1 nitrogen and oxygen atoms in total. The standard InChI is InChI=1S/C13H19N/c1-11-6-5-9-14(10-11)13-8-4-3-7-12(13)2/h3-4,7-8,11H,5-6,9-10H2,1-2H3/t11-/m0/s1. The number of para-hydroxylation sites is 1. The second-order valence-corrected chi connectivity index (χ2v) is 4.48. The van der Waals surface area contributed by atoms with Gasteiger partial charge in [-0.15, -0.1) is 0 Å². The van der Waals surface area contributed by atoms with Crippen molar-refractivity contribution >= 4 is 5.69 Å². The Hall–Kier alpha value is -0.980. The molecule has 1 saturated heterocycles. The third-order valence-corrected chi connectivity index (χ3v) is 3.11. The topological polar surface area (TPSA) is 3.24 Å². The third-order valence-electron chi connectivity index (χ3n) is 3.11. The van der Waals surface area contributed by atoms with Crippen molar-refractivity contribution in [1.82, 2.24) is 0 Å². The Morgan fingerprint density at radius 2 is 2.07 bits per heavy atom. The molecule has 1 aliphatic rings. The van der Waals surface area contributed by atoms with Crippen LogP contribution in [0.5, 0.6) is 0 Å². The van der Waals surface area contributed by atoms with E-state index in [1.54, 1.807) is 0 Å². The van der Waals surface area contributed by atoms with Gasteiger partial charge in [-0.25, -0.2) is 0 Å². The monoisotopic (exact) mass is 189 g/mol. The fourth-order valence-electron chi connectivity index (χ4n) is 2.33. The van der Waals surface area contributed by atoms with Gasteiger partial charge < -0.3 is 4.90 Å². The molecule has 0 bridgehead atoms. The molecule has 0 radical (unpaired) electrons. The first-order chi connectivity index (χ1) is 6.77. The molecule has 1 heterocycles. The Morgan fingerprint density at radius 3 is 2.79 bits per heavy atom. The van der Waals surface area contributed by atoms with E-state index in [1.165, 1.54) is 37.2 Å². The number of benzene rings is 1. The summed E-state index contributed by atoms with van der Waals surface area (Å²) in [6.45, 7) is 7.01. The first kappa shape index (κ1) is 9.57. The summed E-state index contributed by atoms with van der Waals surface area (Å²) in [4.78, 5) is 2.53. The van der Waals surface area contributed by atoms with E-state index in [-0.39, 0.29) is 0 Å². The van der Waals surface area contributed by atoms with E-state index in [2.05, 4.69) is 43.0 Å². The summed E-state index contributed by atoms with van der Waals surface area (Å²) in [5.41, 5.74) is 2.83. The molecular formula is C13H19N. The van der Waals surface area contributed by atoms with Crippen molar-refractivity contribution in [3.63, 3.8) is 0 Å². The van der Waals surface area contributed by atoms with Crippen LogP contribution in [0.25, 0.3) is 0 Å². The van der Waals surface area contributed by atoms with Crippen molar-refractivity contribution in [1.29, 1.82) is 0 Å². The maximum Gasteiger partial charge on any atom is 0.0395 e. The van der Waals surface area contributed by atoms with Crippen LogP contribution in [0.1, 0.15) is 25.3 Å². The minimum absolute atomic E-state index is 0.850. The molecule has 0 saturated carbocycles. The van der Waals surface area contributed by atoms with Crippen LogP contribution < -0.4 is 4.90 Å². The minimum Gasteiger partial charge on any atom is -0.371 e. The smallest absolute Gasteiger partial charge is 0.0395 e. The van der Waals surface area contributed by atoms with Gasteiger partial charge in [0.15, 0.2) is 0 Å². The fourth-order valence-corrected chi connectivity index (χ4v) is 2.33. The van der Waals surface area contributed by atoms with E-state index in [0.29, 0.717) is 0 Å². The summed E-state index contributed by atoms with van der Waals surface area (Å²) in [6, 6.07) is 8.70. The molecule has 2 rings (SSSR count). The van der Waals surface area contributed by atoms with Crippen molar-refractivity contribution in [3.05, 3.63) is 29.8 Å². The molecule has 0 N–H and O–H groups in total. The van der Waals surface area contributed by atoms with Gasteiger partial charge in [-0.05, 0) is 37.3 Å². The predicted molar refractivity (Wildman–Crippen MR) is 61.8 cm³/mol. The molecule has 0 aliphatic carbocycles. The highest BCUT2D eigenvalue weighted by molar-refractivity contribution is 5.53. The zero-order valence-electron chi connectivity index (χ0n) is 9.16. The third kappa shape index (κ3) is 1.92. The van der Waals surface area contributed by atoms with E-state index in [0.717, 1.165) is 5.92 Å². The molecule has 1 atom stereocenters. The van der Waals surface area contributed by atoms with Crippen LogP contribution in [-0.4, -0.2) is 13.1 Å². The van der Waals surface area contributed by atoms with Gasteiger partial charge in [0.2, 0.25) is 0 Å². The fraction of sp³-hybridized carbons (Fsp3) is 0.538. The first-order valence-electron chi connectivity index (χ1n) is 5.58. The van der Waals surface area contributed by atoms with Gasteiger partial charge in [0, 0.05) is 18.8 Å². The van der Waals surface area contributed by atoms with Crippen LogP contribution in [0.15, 0.2) is 24.3 Å². The number of hydrogen-bond acceptors (Lipinski definition) is 1. The highest BCUT2D eigenvalue weighted by Gasteiger charge is 2.17. The SMILES string of the molecule is Cc1ccccc1N1CCC[C@H](C)C1. The highest BCUT2D eigenvalue weighted by Crippen LogP contribution is 2.25. The molecule has 0 amide bonds. The summed E-state index contributed by atoms with van der Waals surface area (Å²) in [5.74, 6) is 0.850. The zero-order valence-corrected chi connectivity index (χ0v) is 9.16. The van der Waals surface area contributed by atoms with Crippen LogP contribution in [0, 0.1) is 12.8 Å². The average Bonchev–Trinajstić information content (AvgIpc) is 2.18. The highest BCUT2D eigenvalue weighted by atomic mass is 15.1. The zero-order chi connectivity index (χ0) is 9.97. The van der Waals surface area contributed by atoms with Gasteiger partial charge >= 0.3 is 0 Å². The molecule has 1 aliphatic heterocycles. The summed E-state index contributed by atoms with van der Waals surface area (Å²) < 4.78 is 0. The van der Waals surface area contributed by atoms with Crippen LogP contribution in [-0.2, 0) is 0 Å².